The molecule has 0 aliphatic rings. The molecule has 0 saturated heterocycles. The Balaban J connectivity index is 3.50. The van der Waals surface area contributed by atoms with Crippen LogP contribution in [0.4, 0.5) is 0 Å². The normalized spacial score (nSPS) is 13.4. The fourth-order valence-electron chi connectivity index (χ4n) is 1.24. The lowest BCUT2D eigenvalue weighted by atomic mass is 10.1. The molecule has 76 valence electrons. The molecule has 0 N–H and O–H groups in total. The SMILES string of the molecule is CCCCCC(C/C=C/C=O)OC. The van der Waals surface area contributed by atoms with Crippen LogP contribution < -0.4 is 0 Å². The number of aldehydes is 1. The number of ether oxygens (including phenoxy) is 1. The maximum atomic E-state index is 10.0. The summed E-state index contributed by atoms with van der Waals surface area (Å²) in [7, 11) is 1.73. The van der Waals surface area contributed by atoms with Crippen molar-refractivity contribution < 1.29 is 9.53 Å². The number of rotatable bonds is 8. The van der Waals surface area contributed by atoms with Crippen molar-refractivity contribution in [3.8, 4) is 0 Å². The second-order valence-corrected chi connectivity index (χ2v) is 3.15. The van der Waals surface area contributed by atoms with Crippen LogP contribution >= 0.6 is 0 Å². The molecule has 0 saturated carbocycles. The van der Waals surface area contributed by atoms with Gasteiger partial charge in [0.2, 0.25) is 0 Å². The molecule has 0 fully saturated rings. The van der Waals surface area contributed by atoms with Crippen LogP contribution in [-0.2, 0) is 9.53 Å². The first-order valence-corrected chi connectivity index (χ1v) is 4.98. The molecule has 0 aromatic rings. The van der Waals surface area contributed by atoms with E-state index in [1.165, 1.54) is 25.3 Å². The van der Waals surface area contributed by atoms with Gasteiger partial charge < -0.3 is 4.74 Å². The van der Waals surface area contributed by atoms with Crippen molar-refractivity contribution in [3.63, 3.8) is 0 Å². The first-order chi connectivity index (χ1) is 6.35. The molecule has 13 heavy (non-hydrogen) atoms. The summed E-state index contributed by atoms with van der Waals surface area (Å²) >= 11 is 0. The van der Waals surface area contributed by atoms with Crippen LogP contribution in [0.5, 0.6) is 0 Å². The highest BCUT2D eigenvalue weighted by atomic mass is 16.5. The number of unbranched alkanes of at least 4 members (excludes halogenated alkanes) is 2. The molecule has 0 aromatic carbocycles. The van der Waals surface area contributed by atoms with E-state index in [2.05, 4.69) is 6.92 Å². The quantitative estimate of drug-likeness (QED) is 0.329. The topological polar surface area (TPSA) is 26.3 Å². The van der Waals surface area contributed by atoms with E-state index < -0.39 is 0 Å². The summed E-state index contributed by atoms with van der Waals surface area (Å²) in [6.45, 7) is 2.19. The van der Waals surface area contributed by atoms with Crippen molar-refractivity contribution in [3.05, 3.63) is 12.2 Å². The highest BCUT2D eigenvalue weighted by Crippen LogP contribution is 2.09. The number of methoxy groups -OCH3 is 1. The zero-order valence-electron chi connectivity index (χ0n) is 8.66. The second-order valence-electron chi connectivity index (χ2n) is 3.15. The molecule has 2 nitrogen and oxygen atoms in total. The Labute approximate surface area is 81.0 Å². The van der Waals surface area contributed by atoms with Crippen LogP contribution in [0.25, 0.3) is 0 Å². The van der Waals surface area contributed by atoms with Gasteiger partial charge in [0.1, 0.15) is 6.29 Å². The predicted octanol–water partition coefficient (Wildman–Crippen LogP) is 2.73. The summed E-state index contributed by atoms with van der Waals surface area (Å²) in [5, 5.41) is 0. The largest absolute Gasteiger partial charge is 0.381 e. The minimum Gasteiger partial charge on any atom is -0.381 e. The van der Waals surface area contributed by atoms with Crippen molar-refractivity contribution in [1.82, 2.24) is 0 Å². The van der Waals surface area contributed by atoms with E-state index in [4.69, 9.17) is 4.74 Å². The highest BCUT2D eigenvalue weighted by molar-refractivity contribution is 5.64. The molecule has 0 rings (SSSR count). The lowest BCUT2D eigenvalue weighted by Crippen LogP contribution is -2.08. The molecule has 0 radical (unpaired) electrons. The van der Waals surface area contributed by atoms with Gasteiger partial charge >= 0.3 is 0 Å². The van der Waals surface area contributed by atoms with Crippen LogP contribution in [-0.4, -0.2) is 19.5 Å². The minimum atomic E-state index is 0.280. The fourth-order valence-corrected chi connectivity index (χ4v) is 1.24. The van der Waals surface area contributed by atoms with Gasteiger partial charge in [0.25, 0.3) is 0 Å². The molecule has 0 aliphatic heterocycles. The van der Waals surface area contributed by atoms with Gasteiger partial charge in [-0.3, -0.25) is 4.79 Å². The molecule has 1 atom stereocenters. The first kappa shape index (κ1) is 12.4. The van der Waals surface area contributed by atoms with Gasteiger partial charge in [0.15, 0.2) is 0 Å². The van der Waals surface area contributed by atoms with E-state index in [9.17, 15) is 4.79 Å². The number of hydrogen-bond acceptors (Lipinski definition) is 2. The van der Waals surface area contributed by atoms with Gasteiger partial charge in [0, 0.05) is 7.11 Å². The van der Waals surface area contributed by atoms with Gasteiger partial charge in [-0.05, 0) is 18.9 Å². The number of hydrogen-bond donors (Lipinski definition) is 0. The third kappa shape index (κ3) is 7.72. The maximum absolute atomic E-state index is 10.0. The van der Waals surface area contributed by atoms with E-state index in [1.807, 2.05) is 6.08 Å². The van der Waals surface area contributed by atoms with Gasteiger partial charge in [-0.1, -0.05) is 32.3 Å². The van der Waals surface area contributed by atoms with Crippen molar-refractivity contribution in [1.29, 1.82) is 0 Å². The molecule has 0 heterocycles. The van der Waals surface area contributed by atoms with Crippen molar-refractivity contribution in [2.45, 2.75) is 45.1 Å². The van der Waals surface area contributed by atoms with Crippen molar-refractivity contribution >= 4 is 6.29 Å². The summed E-state index contributed by atoms with van der Waals surface area (Å²) in [4.78, 5) is 10.0. The second kappa shape index (κ2) is 9.46. The Morgan fingerprint density at radius 2 is 2.15 bits per heavy atom. The summed E-state index contributed by atoms with van der Waals surface area (Å²) in [5.74, 6) is 0. The summed E-state index contributed by atoms with van der Waals surface area (Å²) in [6, 6.07) is 0. The molecule has 0 bridgehead atoms. The van der Waals surface area contributed by atoms with Crippen LogP contribution in [0.1, 0.15) is 39.0 Å². The zero-order chi connectivity index (χ0) is 9.94. The van der Waals surface area contributed by atoms with Crippen LogP contribution in [0, 0.1) is 0 Å². The van der Waals surface area contributed by atoms with Crippen molar-refractivity contribution in [2.75, 3.05) is 7.11 Å². The number of carbonyl (C=O) groups excluding carboxylic acids is 1. The Morgan fingerprint density at radius 1 is 1.38 bits per heavy atom. The molecule has 0 aliphatic carbocycles. The zero-order valence-corrected chi connectivity index (χ0v) is 8.66. The minimum absolute atomic E-state index is 0.280. The lowest BCUT2D eigenvalue weighted by molar-refractivity contribution is -0.104. The van der Waals surface area contributed by atoms with Gasteiger partial charge in [-0.2, -0.15) is 0 Å². The fraction of sp³-hybridized carbons (Fsp3) is 0.727. The molecule has 1 unspecified atom stereocenters. The monoisotopic (exact) mass is 184 g/mol. The van der Waals surface area contributed by atoms with Crippen LogP contribution in [0.3, 0.4) is 0 Å². The lowest BCUT2D eigenvalue weighted by Gasteiger charge is -2.12. The molecule has 2 heteroatoms. The van der Waals surface area contributed by atoms with Crippen LogP contribution in [0.2, 0.25) is 0 Å². The Kier molecular flexibility index (Phi) is 9.00. The highest BCUT2D eigenvalue weighted by Gasteiger charge is 2.03. The van der Waals surface area contributed by atoms with Crippen molar-refractivity contribution in [2.24, 2.45) is 0 Å². The standard InChI is InChI=1S/C11H20O2/c1-3-4-5-8-11(13-2)9-6-7-10-12/h6-7,10-11H,3-5,8-9H2,1-2H3/b7-6+. The Hall–Kier alpha value is -0.630. The molecular formula is C11H20O2. The van der Waals surface area contributed by atoms with E-state index in [0.29, 0.717) is 0 Å². The average Bonchev–Trinajstić information content (AvgIpc) is 2.16. The van der Waals surface area contributed by atoms with Gasteiger partial charge in [-0.25, -0.2) is 0 Å². The average molecular weight is 184 g/mol. The third-order valence-corrected chi connectivity index (χ3v) is 2.08. The van der Waals surface area contributed by atoms with E-state index in [1.54, 1.807) is 7.11 Å². The Bertz CT molecular complexity index is 141. The number of carbonyl (C=O) groups is 1. The first-order valence-electron chi connectivity index (χ1n) is 4.98. The van der Waals surface area contributed by atoms with Crippen LogP contribution in [0.15, 0.2) is 12.2 Å². The summed E-state index contributed by atoms with van der Waals surface area (Å²) < 4.78 is 5.28. The smallest absolute Gasteiger partial charge is 0.142 e. The molecule has 0 amide bonds. The van der Waals surface area contributed by atoms with E-state index in [0.717, 1.165) is 19.1 Å². The van der Waals surface area contributed by atoms with E-state index in [-0.39, 0.29) is 6.10 Å². The molecule has 0 spiro atoms. The molecular weight excluding hydrogens is 164 g/mol. The predicted molar refractivity (Wildman–Crippen MR) is 54.8 cm³/mol. The Morgan fingerprint density at radius 3 is 2.69 bits per heavy atom. The number of allylic oxidation sites excluding steroid dienone is 1. The van der Waals surface area contributed by atoms with Gasteiger partial charge in [0.05, 0.1) is 6.10 Å². The maximum Gasteiger partial charge on any atom is 0.142 e. The summed E-state index contributed by atoms with van der Waals surface area (Å²) in [5.41, 5.74) is 0. The summed E-state index contributed by atoms with van der Waals surface area (Å²) in [6.07, 6.45) is 10.1. The van der Waals surface area contributed by atoms with E-state index >= 15 is 0 Å². The van der Waals surface area contributed by atoms with Gasteiger partial charge in [-0.15, -0.1) is 0 Å². The molecule has 0 aromatic heterocycles. The third-order valence-electron chi connectivity index (χ3n) is 2.08.